The quantitative estimate of drug-likeness (QED) is 0.375. The van der Waals surface area contributed by atoms with Gasteiger partial charge in [-0.05, 0) is 31.7 Å². The van der Waals surface area contributed by atoms with Crippen molar-refractivity contribution in [3.63, 3.8) is 0 Å². The lowest BCUT2D eigenvalue weighted by Gasteiger charge is -2.37. The molecular formula is C32H41N3O7. The highest BCUT2D eigenvalue weighted by Crippen LogP contribution is 2.53. The number of carbonyl (C=O) groups is 4. The van der Waals surface area contributed by atoms with Gasteiger partial charge in [0, 0.05) is 32.2 Å². The Bertz CT molecular complexity index is 1230. The molecule has 2 N–H and O–H groups in total. The normalized spacial score (nSPS) is 33.0. The second-order valence-corrected chi connectivity index (χ2v) is 11.6. The molecule has 1 aromatic carbocycles. The third kappa shape index (κ3) is 5.49. The van der Waals surface area contributed by atoms with Crippen LogP contribution >= 0.6 is 0 Å². The van der Waals surface area contributed by atoms with E-state index in [2.05, 4.69) is 12.2 Å². The molecule has 226 valence electrons. The molecule has 2 saturated heterocycles. The Kier molecular flexibility index (Phi) is 9.13. The highest BCUT2D eigenvalue weighted by atomic mass is 16.5. The van der Waals surface area contributed by atoms with Crippen molar-refractivity contribution in [2.75, 3.05) is 26.3 Å². The van der Waals surface area contributed by atoms with Crippen LogP contribution in [0.2, 0.25) is 0 Å². The largest absolute Gasteiger partial charge is 0.463 e. The predicted octanol–water partition coefficient (Wildman–Crippen LogP) is 2.29. The molecule has 42 heavy (non-hydrogen) atoms. The number of likely N-dealkylation sites (tertiary alicyclic amines) is 1. The number of allylic oxidation sites excluding steroid dienone is 1. The summed E-state index contributed by atoms with van der Waals surface area (Å²) in [5.74, 6) is -3.19. The van der Waals surface area contributed by atoms with Crippen LogP contribution in [0.15, 0.2) is 54.6 Å². The number of nitrogens with zero attached hydrogens (tertiary/aromatic N) is 2. The lowest BCUT2D eigenvalue weighted by Crippen LogP contribution is -2.56. The second kappa shape index (κ2) is 12.8. The van der Waals surface area contributed by atoms with Gasteiger partial charge >= 0.3 is 5.97 Å². The fraction of sp³-hybridized carbons (Fsp3) is 0.562. The van der Waals surface area contributed by atoms with E-state index in [1.165, 1.54) is 4.90 Å². The van der Waals surface area contributed by atoms with Crippen LogP contribution < -0.4 is 5.32 Å². The number of ether oxygens (including phenoxy) is 2. The van der Waals surface area contributed by atoms with Crippen LogP contribution in [-0.2, 0) is 28.7 Å². The molecule has 4 aliphatic rings. The third-order valence-electron chi connectivity index (χ3n) is 8.89. The van der Waals surface area contributed by atoms with Gasteiger partial charge in [-0.1, -0.05) is 68.0 Å². The molecule has 0 bridgehead atoms. The fourth-order valence-electron chi connectivity index (χ4n) is 6.91. The number of esters is 1. The SMILES string of the molecule is CCCC(C)N1CC=C[C@@]23O[C@H]4/C=C\CCC(=O)OC[C@H](c5ccccc5)NC(=O)[C@H]4[C@@H]2C(=O)N(CCCO)[C@H]3C1=O. The van der Waals surface area contributed by atoms with Crippen molar-refractivity contribution < 1.29 is 33.8 Å². The molecule has 5 rings (SSSR count). The van der Waals surface area contributed by atoms with Gasteiger partial charge < -0.3 is 29.7 Å². The molecule has 3 amide bonds. The maximum Gasteiger partial charge on any atom is 0.306 e. The fourth-order valence-corrected chi connectivity index (χ4v) is 6.91. The summed E-state index contributed by atoms with van der Waals surface area (Å²) >= 11 is 0. The summed E-state index contributed by atoms with van der Waals surface area (Å²) in [4.78, 5) is 58.4. The van der Waals surface area contributed by atoms with Crippen LogP contribution in [0, 0.1) is 11.8 Å². The molecular weight excluding hydrogens is 538 g/mol. The number of nitrogens with one attached hydrogen (secondary N) is 1. The number of fused-ring (bicyclic) bond motifs is 2. The van der Waals surface area contributed by atoms with E-state index < -0.39 is 41.5 Å². The van der Waals surface area contributed by atoms with Crippen molar-refractivity contribution in [1.82, 2.24) is 15.1 Å². The molecule has 10 nitrogen and oxygen atoms in total. The van der Waals surface area contributed by atoms with E-state index in [-0.39, 0.29) is 50.0 Å². The van der Waals surface area contributed by atoms with Gasteiger partial charge in [0.2, 0.25) is 17.7 Å². The van der Waals surface area contributed by atoms with E-state index in [4.69, 9.17) is 9.47 Å². The number of hydrogen-bond donors (Lipinski definition) is 2. The summed E-state index contributed by atoms with van der Waals surface area (Å²) in [5.41, 5.74) is -0.586. The first-order valence-electron chi connectivity index (χ1n) is 15.1. The zero-order chi connectivity index (χ0) is 29.9. The van der Waals surface area contributed by atoms with Crippen LogP contribution in [-0.4, -0.2) is 88.7 Å². The van der Waals surface area contributed by atoms with Gasteiger partial charge in [0.05, 0.1) is 24.0 Å². The van der Waals surface area contributed by atoms with Gasteiger partial charge in [0.15, 0.2) is 0 Å². The van der Waals surface area contributed by atoms with Crippen molar-refractivity contribution in [3.05, 3.63) is 60.2 Å². The Morgan fingerprint density at radius 1 is 1.12 bits per heavy atom. The molecule has 1 aromatic rings. The Labute approximate surface area is 246 Å². The van der Waals surface area contributed by atoms with E-state index in [0.29, 0.717) is 19.4 Å². The molecule has 0 radical (unpaired) electrons. The number of amides is 3. The number of hydrogen-bond acceptors (Lipinski definition) is 7. The molecule has 4 heterocycles. The highest BCUT2D eigenvalue weighted by Gasteiger charge is 2.71. The molecule has 1 spiro atoms. The first-order chi connectivity index (χ1) is 20.3. The number of aliphatic hydroxyl groups is 1. The van der Waals surface area contributed by atoms with Crippen LogP contribution in [0.4, 0.5) is 0 Å². The Morgan fingerprint density at radius 2 is 1.90 bits per heavy atom. The van der Waals surface area contributed by atoms with Crippen molar-refractivity contribution in [1.29, 1.82) is 0 Å². The van der Waals surface area contributed by atoms with E-state index in [1.807, 2.05) is 49.4 Å². The molecule has 0 aromatic heterocycles. The minimum atomic E-state index is -1.35. The van der Waals surface area contributed by atoms with Gasteiger partial charge in [-0.3, -0.25) is 19.2 Å². The van der Waals surface area contributed by atoms with Gasteiger partial charge in [0.1, 0.15) is 18.2 Å². The van der Waals surface area contributed by atoms with Crippen molar-refractivity contribution in [2.45, 2.75) is 75.8 Å². The first kappa shape index (κ1) is 30.0. The topological polar surface area (TPSA) is 125 Å². The molecule has 0 aliphatic carbocycles. The summed E-state index contributed by atoms with van der Waals surface area (Å²) < 4.78 is 12.2. The van der Waals surface area contributed by atoms with E-state index in [9.17, 15) is 24.3 Å². The standard InChI is InChI=1S/C32H41N3O7/c1-3-11-21(2)34-17-9-16-32-27(30(39)35(18-10-19-36)28(32)31(34)40)26-24(42-32)14-7-8-15-25(37)41-20-23(33-29(26)38)22-12-5-4-6-13-22/h4-7,9,12-14,16,21,23-24,26-28,36H,3,8,10-11,15,17-20H2,1-2H3,(H,33,38)/b14-7-/t21?,23-,24+,26-,27-,28+,32-/m1/s1. The van der Waals surface area contributed by atoms with E-state index in [0.717, 1.165) is 18.4 Å². The molecule has 1 unspecified atom stereocenters. The second-order valence-electron chi connectivity index (χ2n) is 11.6. The summed E-state index contributed by atoms with van der Waals surface area (Å²) in [6.45, 7) is 4.44. The summed E-state index contributed by atoms with van der Waals surface area (Å²) in [6.07, 6.45) is 9.01. The minimum Gasteiger partial charge on any atom is -0.463 e. The van der Waals surface area contributed by atoms with Gasteiger partial charge in [0.25, 0.3) is 0 Å². The molecule has 4 aliphatic heterocycles. The smallest absolute Gasteiger partial charge is 0.306 e. The minimum absolute atomic E-state index is 0.0434. The Morgan fingerprint density at radius 3 is 2.64 bits per heavy atom. The average Bonchev–Trinajstić information content (AvgIpc) is 3.36. The number of benzene rings is 1. The van der Waals surface area contributed by atoms with E-state index in [1.54, 1.807) is 17.1 Å². The highest BCUT2D eigenvalue weighted by molar-refractivity contribution is 5.99. The molecule has 10 heteroatoms. The summed E-state index contributed by atoms with van der Waals surface area (Å²) in [7, 11) is 0. The van der Waals surface area contributed by atoms with Crippen LogP contribution in [0.5, 0.6) is 0 Å². The summed E-state index contributed by atoms with van der Waals surface area (Å²) in [5, 5.41) is 12.7. The maximum absolute atomic E-state index is 14.3. The number of rotatable bonds is 7. The van der Waals surface area contributed by atoms with Crippen molar-refractivity contribution in [3.8, 4) is 0 Å². The molecule has 7 atom stereocenters. The number of carbonyl (C=O) groups excluding carboxylic acids is 4. The van der Waals surface area contributed by atoms with E-state index >= 15 is 0 Å². The molecule has 2 fully saturated rings. The lowest BCUT2D eigenvalue weighted by atomic mass is 9.77. The Hall–Kier alpha value is -3.50. The van der Waals surface area contributed by atoms with Crippen molar-refractivity contribution in [2.24, 2.45) is 11.8 Å². The number of aliphatic hydroxyl groups excluding tert-OH is 1. The monoisotopic (exact) mass is 579 g/mol. The molecule has 0 saturated carbocycles. The van der Waals surface area contributed by atoms with Crippen LogP contribution in [0.1, 0.15) is 57.6 Å². The third-order valence-corrected chi connectivity index (χ3v) is 8.89. The first-order valence-corrected chi connectivity index (χ1v) is 15.1. The van der Waals surface area contributed by atoms with Crippen LogP contribution in [0.25, 0.3) is 0 Å². The van der Waals surface area contributed by atoms with Crippen molar-refractivity contribution >= 4 is 23.7 Å². The Balaban J connectivity index is 1.57. The predicted molar refractivity (Wildman–Crippen MR) is 154 cm³/mol. The lowest BCUT2D eigenvalue weighted by molar-refractivity contribution is -0.149. The zero-order valence-electron chi connectivity index (χ0n) is 24.3. The van der Waals surface area contributed by atoms with Gasteiger partial charge in [-0.2, -0.15) is 0 Å². The van der Waals surface area contributed by atoms with Crippen LogP contribution in [0.3, 0.4) is 0 Å². The maximum atomic E-state index is 14.3. The average molecular weight is 580 g/mol. The van der Waals surface area contributed by atoms with Gasteiger partial charge in [-0.15, -0.1) is 0 Å². The summed E-state index contributed by atoms with van der Waals surface area (Å²) in [6, 6.07) is 7.61. The van der Waals surface area contributed by atoms with Gasteiger partial charge in [-0.25, -0.2) is 0 Å². The zero-order valence-corrected chi connectivity index (χ0v) is 24.3. The number of cyclic esters (lactones) is 1.